The summed E-state index contributed by atoms with van der Waals surface area (Å²) >= 11 is 0. The predicted octanol–water partition coefficient (Wildman–Crippen LogP) is 2.34. The van der Waals surface area contributed by atoms with E-state index in [4.69, 9.17) is 35.0 Å². The van der Waals surface area contributed by atoms with E-state index in [1.54, 1.807) is 9.42 Å². The number of aromatic nitrogens is 3. The average Bonchev–Trinajstić information content (AvgIpc) is 3.39. The van der Waals surface area contributed by atoms with Gasteiger partial charge >= 0.3 is 6.09 Å². The number of carbonyl (C=O) groups is 3. The molecule has 33 heavy (non-hydrogen) atoms. The Balaban J connectivity index is 0.000000420. The lowest BCUT2D eigenvalue weighted by atomic mass is 10.1. The third kappa shape index (κ3) is 8.22. The van der Waals surface area contributed by atoms with E-state index < -0.39 is 11.9 Å². The number of nitrogen functional groups attached to an aromatic ring is 1. The molecule has 2 atom stereocenters. The van der Waals surface area contributed by atoms with E-state index >= 15 is 0 Å². The largest absolute Gasteiger partial charge is 0.481 e. The monoisotopic (exact) mass is 465 g/mol. The number of fused-ring (bicyclic) bond motifs is 1. The Morgan fingerprint density at radius 3 is 2.39 bits per heavy atom. The van der Waals surface area contributed by atoms with Crippen molar-refractivity contribution >= 4 is 29.4 Å². The second-order valence-corrected chi connectivity index (χ2v) is 7.69. The number of likely N-dealkylation sites (tertiary alicyclic amines) is 1. The molecule has 2 unspecified atom stereocenters. The molecule has 2 aromatic heterocycles. The molecule has 12 nitrogen and oxygen atoms in total. The number of piperidine rings is 1. The molecular formula is C21H31N5O7. The maximum Gasteiger partial charge on any atom is 0.409 e. The van der Waals surface area contributed by atoms with Crippen LogP contribution in [0, 0.1) is 0 Å². The van der Waals surface area contributed by atoms with Crippen molar-refractivity contribution in [3.05, 3.63) is 24.2 Å². The SMILES string of the molecule is CC(=O)O.CC(=O)O.Nc1ncnn2c(C3CCC(COC(=O)N4CCCCC4)O3)ccc12. The minimum atomic E-state index is -0.833. The summed E-state index contributed by atoms with van der Waals surface area (Å²) in [5.41, 5.74) is 7.60. The van der Waals surface area contributed by atoms with Gasteiger partial charge in [-0.25, -0.2) is 14.3 Å². The van der Waals surface area contributed by atoms with Gasteiger partial charge < -0.3 is 30.3 Å². The van der Waals surface area contributed by atoms with Crippen molar-refractivity contribution in [2.75, 3.05) is 25.4 Å². The molecule has 0 bridgehead atoms. The fourth-order valence-corrected chi connectivity index (χ4v) is 3.59. The zero-order valence-corrected chi connectivity index (χ0v) is 18.8. The number of carboxylic acid groups (broad SMARTS) is 2. The van der Waals surface area contributed by atoms with Crippen LogP contribution in [0.5, 0.6) is 0 Å². The summed E-state index contributed by atoms with van der Waals surface area (Å²) in [5, 5.41) is 19.1. The number of nitrogens with two attached hydrogens (primary N) is 1. The molecule has 2 aliphatic heterocycles. The van der Waals surface area contributed by atoms with Crippen LogP contribution in [0.15, 0.2) is 18.5 Å². The third-order valence-corrected chi connectivity index (χ3v) is 4.96. The summed E-state index contributed by atoms with van der Waals surface area (Å²) < 4.78 is 13.3. The van der Waals surface area contributed by atoms with Crippen LogP contribution in [0.25, 0.3) is 5.52 Å². The number of anilines is 1. The standard InChI is InChI=1S/C17H23N5O3.2C2H4O2/c18-16-14-6-5-13(22(14)20-11-19-16)15-7-4-12(25-15)10-24-17(23)21-8-2-1-3-9-21;2*1-2(3)4/h5-6,11-12,15H,1-4,7-10H2,(H2,18,19,20);2*1H3,(H,3,4). The Morgan fingerprint density at radius 1 is 1.12 bits per heavy atom. The van der Waals surface area contributed by atoms with Crippen molar-refractivity contribution in [1.82, 2.24) is 19.5 Å². The lowest BCUT2D eigenvalue weighted by Gasteiger charge is -2.26. The van der Waals surface area contributed by atoms with Crippen molar-refractivity contribution in [3.63, 3.8) is 0 Å². The Morgan fingerprint density at radius 2 is 1.76 bits per heavy atom. The number of ether oxygens (including phenoxy) is 2. The first-order valence-corrected chi connectivity index (χ1v) is 10.7. The van der Waals surface area contributed by atoms with Crippen LogP contribution in [-0.4, -0.2) is 73.5 Å². The molecule has 12 heteroatoms. The minimum absolute atomic E-state index is 0.0736. The Labute approximate surface area is 191 Å². The van der Waals surface area contributed by atoms with Crippen LogP contribution >= 0.6 is 0 Å². The van der Waals surface area contributed by atoms with Crippen LogP contribution in [0.2, 0.25) is 0 Å². The Hall–Kier alpha value is -3.41. The lowest BCUT2D eigenvalue weighted by Crippen LogP contribution is -2.37. The van der Waals surface area contributed by atoms with E-state index in [1.165, 1.54) is 12.7 Å². The summed E-state index contributed by atoms with van der Waals surface area (Å²) in [4.78, 5) is 35.9. The molecule has 0 radical (unpaired) electrons. The first-order chi connectivity index (χ1) is 15.7. The minimum Gasteiger partial charge on any atom is -0.481 e. The second-order valence-electron chi connectivity index (χ2n) is 7.69. The van der Waals surface area contributed by atoms with Crippen LogP contribution in [0.1, 0.15) is 57.7 Å². The predicted molar refractivity (Wildman–Crippen MR) is 118 cm³/mol. The molecule has 2 aliphatic rings. The van der Waals surface area contributed by atoms with Gasteiger partial charge in [-0.2, -0.15) is 5.10 Å². The van der Waals surface area contributed by atoms with E-state index in [2.05, 4.69) is 10.1 Å². The van der Waals surface area contributed by atoms with Gasteiger partial charge in [-0.15, -0.1) is 0 Å². The molecule has 2 fully saturated rings. The fourth-order valence-electron chi connectivity index (χ4n) is 3.59. The number of carboxylic acids is 2. The highest BCUT2D eigenvalue weighted by Gasteiger charge is 2.30. The molecular weight excluding hydrogens is 434 g/mol. The highest BCUT2D eigenvalue weighted by Crippen LogP contribution is 2.34. The van der Waals surface area contributed by atoms with Crippen LogP contribution < -0.4 is 5.73 Å². The first-order valence-electron chi connectivity index (χ1n) is 10.7. The van der Waals surface area contributed by atoms with E-state index in [-0.39, 0.29) is 18.3 Å². The molecule has 4 N–H and O–H groups in total. The number of rotatable bonds is 3. The number of hydrogen-bond acceptors (Lipinski definition) is 8. The fraction of sp³-hybridized carbons (Fsp3) is 0.571. The van der Waals surface area contributed by atoms with Gasteiger partial charge in [0.25, 0.3) is 11.9 Å². The van der Waals surface area contributed by atoms with E-state index in [0.29, 0.717) is 12.4 Å². The second kappa shape index (κ2) is 12.6. The maximum absolute atomic E-state index is 12.1. The number of amides is 1. The number of nitrogens with zero attached hydrogens (tertiary/aromatic N) is 4. The average molecular weight is 466 g/mol. The normalized spacial score (nSPS) is 19.6. The van der Waals surface area contributed by atoms with E-state index in [1.807, 2.05) is 12.1 Å². The zero-order valence-electron chi connectivity index (χ0n) is 18.8. The van der Waals surface area contributed by atoms with Gasteiger partial charge in [0, 0.05) is 26.9 Å². The van der Waals surface area contributed by atoms with Crippen LogP contribution in [0.3, 0.4) is 0 Å². The molecule has 1 amide bonds. The number of aliphatic carboxylic acids is 2. The van der Waals surface area contributed by atoms with Gasteiger partial charge in [-0.1, -0.05) is 0 Å². The Bertz CT molecular complexity index is 922. The van der Waals surface area contributed by atoms with Gasteiger partial charge in [-0.05, 0) is 44.2 Å². The third-order valence-electron chi connectivity index (χ3n) is 4.96. The number of carbonyl (C=O) groups excluding carboxylic acids is 1. The quantitative estimate of drug-likeness (QED) is 0.611. The van der Waals surface area contributed by atoms with Gasteiger partial charge in [0.15, 0.2) is 5.82 Å². The molecule has 4 heterocycles. The molecule has 4 rings (SSSR count). The summed E-state index contributed by atoms with van der Waals surface area (Å²) in [7, 11) is 0. The van der Waals surface area contributed by atoms with E-state index in [9.17, 15) is 4.79 Å². The molecule has 0 aliphatic carbocycles. The molecule has 2 aromatic rings. The molecule has 0 saturated carbocycles. The van der Waals surface area contributed by atoms with Crippen molar-refractivity contribution in [3.8, 4) is 0 Å². The van der Waals surface area contributed by atoms with Gasteiger partial charge in [0.05, 0.1) is 11.8 Å². The van der Waals surface area contributed by atoms with Crippen LogP contribution in [0.4, 0.5) is 10.6 Å². The molecule has 182 valence electrons. The lowest BCUT2D eigenvalue weighted by molar-refractivity contribution is -0.135. The summed E-state index contributed by atoms with van der Waals surface area (Å²) in [6, 6.07) is 3.87. The van der Waals surface area contributed by atoms with Crippen molar-refractivity contribution in [2.24, 2.45) is 0 Å². The zero-order chi connectivity index (χ0) is 24.4. The number of hydrogen-bond donors (Lipinski definition) is 3. The summed E-state index contributed by atoms with van der Waals surface area (Å²) in [6.07, 6.45) is 6.09. The van der Waals surface area contributed by atoms with Gasteiger partial charge in [0.2, 0.25) is 0 Å². The van der Waals surface area contributed by atoms with E-state index in [0.717, 1.165) is 63.8 Å². The van der Waals surface area contributed by atoms with Crippen LogP contribution in [-0.2, 0) is 19.1 Å². The van der Waals surface area contributed by atoms with Gasteiger partial charge in [-0.3, -0.25) is 9.59 Å². The summed E-state index contributed by atoms with van der Waals surface area (Å²) in [6.45, 7) is 4.06. The van der Waals surface area contributed by atoms with Gasteiger partial charge in [0.1, 0.15) is 24.6 Å². The highest BCUT2D eigenvalue weighted by atomic mass is 16.6. The smallest absolute Gasteiger partial charge is 0.409 e. The van der Waals surface area contributed by atoms with Crippen molar-refractivity contribution < 1.29 is 34.1 Å². The van der Waals surface area contributed by atoms with Crippen molar-refractivity contribution in [1.29, 1.82) is 0 Å². The summed E-state index contributed by atoms with van der Waals surface area (Å²) in [5.74, 6) is -1.22. The molecule has 2 saturated heterocycles. The Kier molecular flexibility index (Phi) is 9.85. The van der Waals surface area contributed by atoms with Crippen molar-refractivity contribution in [2.45, 2.75) is 58.2 Å². The first kappa shape index (κ1) is 25.8. The molecule has 0 spiro atoms. The molecule has 0 aromatic carbocycles. The maximum atomic E-state index is 12.1. The highest BCUT2D eigenvalue weighted by molar-refractivity contribution is 5.67. The topological polar surface area (TPSA) is 170 Å².